The first kappa shape index (κ1) is 21.7. The summed E-state index contributed by atoms with van der Waals surface area (Å²) in [6.07, 6.45) is 8.19. The summed E-state index contributed by atoms with van der Waals surface area (Å²) in [5.41, 5.74) is 5.38. The summed E-state index contributed by atoms with van der Waals surface area (Å²) in [6.45, 7) is 2.18. The standard InChI is InChI=1S/C13H25NO3S.Na.H/c1-2-3-4-5-6-7-8-9-12(15)17-13(16)11(14)10-18;;/h11,18H,2-10,14H2,1H3;;/q;+1;-1/t11-;;/m0../s1. The number of carbonyl (C=O) groups is 2. The van der Waals surface area contributed by atoms with Crippen LogP contribution in [-0.2, 0) is 14.3 Å². The molecule has 0 aromatic carbocycles. The van der Waals surface area contributed by atoms with Gasteiger partial charge in [0.25, 0.3) is 0 Å². The molecule has 0 aliphatic heterocycles. The van der Waals surface area contributed by atoms with E-state index < -0.39 is 18.0 Å². The Labute approximate surface area is 145 Å². The van der Waals surface area contributed by atoms with Crippen LogP contribution >= 0.6 is 12.6 Å². The normalized spacial score (nSPS) is 11.5. The number of carbonyl (C=O) groups excluding carboxylic acids is 2. The van der Waals surface area contributed by atoms with E-state index in [-0.39, 0.29) is 36.7 Å². The topological polar surface area (TPSA) is 69.4 Å². The van der Waals surface area contributed by atoms with Gasteiger partial charge >= 0.3 is 41.5 Å². The van der Waals surface area contributed by atoms with E-state index in [1.807, 2.05) is 0 Å². The molecular weight excluding hydrogens is 273 g/mol. The number of thiol groups is 1. The molecule has 0 rings (SSSR count). The Morgan fingerprint density at radius 3 is 2.21 bits per heavy atom. The average Bonchev–Trinajstić information content (AvgIpc) is 2.36. The second kappa shape index (κ2) is 14.9. The molecule has 0 spiro atoms. The first-order valence-electron chi connectivity index (χ1n) is 6.72. The quantitative estimate of drug-likeness (QED) is 0.189. The van der Waals surface area contributed by atoms with Crippen molar-refractivity contribution in [2.75, 3.05) is 5.75 Å². The van der Waals surface area contributed by atoms with Crippen molar-refractivity contribution in [2.45, 2.75) is 64.3 Å². The number of ether oxygens (including phenoxy) is 1. The average molecular weight is 299 g/mol. The molecule has 0 heterocycles. The molecule has 0 saturated carbocycles. The summed E-state index contributed by atoms with van der Waals surface area (Å²) in [5.74, 6) is -0.979. The van der Waals surface area contributed by atoms with Gasteiger partial charge in [-0.1, -0.05) is 45.4 Å². The molecule has 108 valence electrons. The summed E-state index contributed by atoms with van der Waals surface area (Å²) >= 11 is 3.87. The van der Waals surface area contributed by atoms with Crippen molar-refractivity contribution in [2.24, 2.45) is 5.73 Å². The van der Waals surface area contributed by atoms with Crippen LogP contribution in [0.5, 0.6) is 0 Å². The van der Waals surface area contributed by atoms with E-state index in [0.717, 1.165) is 19.3 Å². The Bertz CT molecular complexity index is 258. The molecular formula is C13H26NNaO3S. The summed E-state index contributed by atoms with van der Waals surface area (Å²) in [7, 11) is 0. The largest absolute Gasteiger partial charge is 1.00 e. The van der Waals surface area contributed by atoms with Gasteiger partial charge < -0.3 is 11.9 Å². The van der Waals surface area contributed by atoms with E-state index in [0.29, 0.717) is 6.42 Å². The Morgan fingerprint density at radius 2 is 1.68 bits per heavy atom. The second-order valence-corrected chi connectivity index (χ2v) is 4.82. The molecule has 0 fully saturated rings. The van der Waals surface area contributed by atoms with Crippen molar-refractivity contribution in [3.8, 4) is 0 Å². The second-order valence-electron chi connectivity index (χ2n) is 4.45. The maximum Gasteiger partial charge on any atom is 1.00 e. The molecule has 1 atom stereocenters. The van der Waals surface area contributed by atoms with Crippen LogP contribution in [0.25, 0.3) is 0 Å². The SMILES string of the molecule is CCCCCCCCCC(=O)OC(=O)[C@@H](N)CS.[H-].[Na+]. The van der Waals surface area contributed by atoms with E-state index in [4.69, 9.17) is 5.73 Å². The zero-order valence-electron chi connectivity index (χ0n) is 13.2. The Kier molecular flexibility index (Phi) is 17.0. The van der Waals surface area contributed by atoms with Crippen molar-refractivity contribution < 1.29 is 45.3 Å². The predicted octanol–water partition coefficient (Wildman–Crippen LogP) is -0.429. The number of unbranched alkanes of at least 4 members (excludes halogenated alkanes) is 6. The molecule has 0 aliphatic carbocycles. The molecule has 0 aliphatic rings. The summed E-state index contributed by atoms with van der Waals surface area (Å²) in [6, 6.07) is -0.814. The van der Waals surface area contributed by atoms with Gasteiger partial charge in [-0.25, -0.2) is 4.79 Å². The van der Waals surface area contributed by atoms with Crippen molar-refractivity contribution >= 4 is 24.6 Å². The number of hydrogen-bond donors (Lipinski definition) is 2. The van der Waals surface area contributed by atoms with Crippen LogP contribution in [0.2, 0.25) is 0 Å². The van der Waals surface area contributed by atoms with Gasteiger partial charge in [0.2, 0.25) is 0 Å². The molecule has 19 heavy (non-hydrogen) atoms. The molecule has 6 heteroatoms. The smallest absolute Gasteiger partial charge is 1.00 e. The molecule has 0 bridgehead atoms. The maximum atomic E-state index is 11.3. The van der Waals surface area contributed by atoms with Crippen LogP contribution < -0.4 is 35.3 Å². The van der Waals surface area contributed by atoms with E-state index in [2.05, 4.69) is 24.3 Å². The van der Waals surface area contributed by atoms with E-state index in [1.54, 1.807) is 0 Å². The van der Waals surface area contributed by atoms with Gasteiger partial charge in [0.05, 0.1) is 0 Å². The van der Waals surface area contributed by atoms with Gasteiger partial charge in [0, 0.05) is 12.2 Å². The minimum Gasteiger partial charge on any atom is -1.00 e. The van der Waals surface area contributed by atoms with Gasteiger partial charge in [-0.2, -0.15) is 12.6 Å². The first-order valence-corrected chi connectivity index (χ1v) is 7.36. The molecule has 4 nitrogen and oxygen atoms in total. The predicted molar refractivity (Wildman–Crippen MR) is 76.6 cm³/mol. The number of hydrogen-bond acceptors (Lipinski definition) is 5. The molecule has 0 aromatic rings. The minimum atomic E-state index is -0.814. The summed E-state index contributed by atoms with van der Waals surface area (Å²) < 4.78 is 4.60. The van der Waals surface area contributed by atoms with Crippen LogP contribution in [0.4, 0.5) is 0 Å². The van der Waals surface area contributed by atoms with Crippen LogP contribution in [0.3, 0.4) is 0 Å². The summed E-state index contributed by atoms with van der Waals surface area (Å²) in [5, 5.41) is 0. The third kappa shape index (κ3) is 13.2. The Balaban J connectivity index is -0.00000144. The van der Waals surface area contributed by atoms with Crippen molar-refractivity contribution in [3.63, 3.8) is 0 Å². The van der Waals surface area contributed by atoms with Crippen molar-refractivity contribution in [1.29, 1.82) is 0 Å². The van der Waals surface area contributed by atoms with Gasteiger partial charge in [0.15, 0.2) is 0 Å². The molecule has 0 unspecified atom stereocenters. The zero-order chi connectivity index (χ0) is 13.8. The van der Waals surface area contributed by atoms with Crippen molar-refractivity contribution in [1.82, 2.24) is 0 Å². The minimum absolute atomic E-state index is 0. The fourth-order valence-corrected chi connectivity index (χ4v) is 1.69. The number of esters is 2. The zero-order valence-corrected chi connectivity index (χ0v) is 15.1. The molecule has 0 radical (unpaired) electrons. The Morgan fingerprint density at radius 1 is 1.16 bits per heavy atom. The first-order chi connectivity index (χ1) is 8.61. The number of nitrogens with two attached hydrogens (primary N) is 1. The van der Waals surface area contributed by atoms with Gasteiger partial charge in [0.1, 0.15) is 6.04 Å². The van der Waals surface area contributed by atoms with Crippen LogP contribution in [0.1, 0.15) is 59.7 Å². The third-order valence-electron chi connectivity index (χ3n) is 2.70. The molecule has 0 aromatic heterocycles. The maximum absolute atomic E-state index is 11.3. The molecule has 0 saturated heterocycles. The van der Waals surface area contributed by atoms with Gasteiger partial charge in [-0.3, -0.25) is 4.79 Å². The van der Waals surface area contributed by atoms with Gasteiger partial charge in [-0.05, 0) is 6.42 Å². The number of rotatable bonds is 10. The fraction of sp³-hybridized carbons (Fsp3) is 0.846. The van der Waals surface area contributed by atoms with Crippen LogP contribution in [0.15, 0.2) is 0 Å². The molecule has 0 amide bonds. The molecule has 2 N–H and O–H groups in total. The van der Waals surface area contributed by atoms with Crippen LogP contribution in [0, 0.1) is 0 Å². The van der Waals surface area contributed by atoms with E-state index >= 15 is 0 Å². The summed E-state index contributed by atoms with van der Waals surface area (Å²) in [4.78, 5) is 22.5. The van der Waals surface area contributed by atoms with Crippen LogP contribution in [-0.4, -0.2) is 23.7 Å². The van der Waals surface area contributed by atoms with E-state index in [1.165, 1.54) is 25.7 Å². The van der Waals surface area contributed by atoms with E-state index in [9.17, 15) is 9.59 Å². The Hall–Kier alpha value is 0.450. The fourth-order valence-electron chi connectivity index (χ4n) is 1.54. The monoisotopic (exact) mass is 299 g/mol. The van der Waals surface area contributed by atoms with Crippen molar-refractivity contribution in [3.05, 3.63) is 0 Å². The third-order valence-corrected chi connectivity index (χ3v) is 3.09. The van der Waals surface area contributed by atoms with Gasteiger partial charge in [-0.15, -0.1) is 0 Å².